The van der Waals surface area contributed by atoms with Gasteiger partial charge in [-0.25, -0.2) is 0 Å². The van der Waals surface area contributed by atoms with Gasteiger partial charge in [0.15, 0.2) is 0 Å². The van der Waals surface area contributed by atoms with Gasteiger partial charge >= 0.3 is 0 Å². The molecular weight excluding hydrogens is 172 g/mol. The van der Waals surface area contributed by atoms with Gasteiger partial charge in [0.25, 0.3) is 0 Å². The van der Waals surface area contributed by atoms with Gasteiger partial charge in [-0.3, -0.25) is 0 Å². The predicted molar refractivity (Wildman–Crippen MR) is 64.7 cm³/mol. The summed E-state index contributed by atoms with van der Waals surface area (Å²) in [6.07, 6.45) is 1.23. The lowest BCUT2D eigenvalue weighted by molar-refractivity contribution is 0.261. The molecule has 0 amide bonds. The predicted octanol–water partition coefficient (Wildman–Crippen LogP) is 2.35. The highest BCUT2D eigenvalue weighted by Gasteiger charge is 2.10. The minimum Gasteiger partial charge on any atom is -0.312 e. The summed E-state index contributed by atoms with van der Waals surface area (Å²) >= 11 is 0. The Kier molecular flexibility index (Phi) is 7.20. The molecule has 1 N–H and O–H groups in total. The van der Waals surface area contributed by atoms with Gasteiger partial charge in [0.1, 0.15) is 0 Å². The van der Waals surface area contributed by atoms with Crippen LogP contribution in [-0.2, 0) is 0 Å². The Labute approximate surface area is 90.1 Å². The number of hydrogen-bond donors (Lipinski definition) is 1. The molecule has 0 radical (unpaired) electrons. The molecule has 0 saturated heterocycles. The Bertz CT molecular complexity index is 132. The third kappa shape index (κ3) is 5.61. The van der Waals surface area contributed by atoms with E-state index in [0.717, 1.165) is 19.0 Å². The number of nitrogens with one attached hydrogen (secondary N) is 1. The Morgan fingerprint density at radius 1 is 1.14 bits per heavy atom. The van der Waals surface area contributed by atoms with E-state index in [9.17, 15) is 0 Å². The maximum Gasteiger partial charge on any atom is 0.0107 e. The molecule has 1 unspecified atom stereocenters. The maximum absolute atomic E-state index is 3.61. The highest BCUT2D eigenvalue weighted by molar-refractivity contribution is 4.69. The van der Waals surface area contributed by atoms with E-state index in [1.165, 1.54) is 6.42 Å². The normalized spacial score (nSPS) is 14.4. The Morgan fingerprint density at radius 2 is 1.71 bits per heavy atom. The van der Waals surface area contributed by atoms with Gasteiger partial charge in [-0.2, -0.15) is 0 Å². The third-order valence-corrected chi connectivity index (χ3v) is 3.00. The summed E-state index contributed by atoms with van der Waals surface area (Å²) in [5, 5.41) is 3.61. The van der Waals surface area contributed by atoms with Gasteiger partial charge in [0, 0.05) is 25.2 Å². The standard InChI is InChI=1S/C12H28N2/c1-7-12(10(2)3)13-8-9-14(6)11(4)5/h10-13H,7-9H2,1-6H3. The van der Waals surface area contributed by atoms with Crippen LogP contribution in [0, 0.1) is 5.92 Å². The quantitative estimate of drug-likeness (QED) is 0.678. The largest absolute Gasteiger partial charge is 0.312 e. The summed E-state index contributed by atoms with van der Waals surface area (Å²) in [6, 6.07) is 1.33. The molecule has 86 valence electrons. The Balaban J connectivity index is 3.61. The average Bonchev–Trinajstić information content (AvgIpc) is 2.11. The van der Waals surface area contributed by atoms with E-state index in [1.54, 1.807) is 0 Å². The summed E-state index contributed by atoms with van der Waals surface area (Å²) in [5.41, 5.74) is 0. The molecule has 0 spiro atoms. The van der Waals surface area contributed by atoms with Gasteiger partial charge in [-0.15, -0.1) is 0 Å². The average molecular weight is 200 g/mol. The molecule has 0 saturated carbocycles. The second-order valence-corrected chi connectivity index (χ2v) is 4.79. The molecule has 0 rings (SSSR count). The van der Waals surface area contributed by atoms with Crippen molar-refractivity contribution < 1.29 is 0 Å². The first-order chi connectivity index (χ1) is 6.49. The minimum absolute atomic E-state index is 0.649. The van der Waals surface area contributed by atoms with Crippen LogP contribution in [0.1, 0.15) is 41.0 Å². The summed E-state index contributed by atoms with van der Waals surface area (Å²) in [7, 11) is 2.18. The van der Waals surface area contributed by atoms with E-state index < -0.39 is 0 Å². The molecule has 0 aromatic carbocycles. The highest BCUT2D eigenvalue weighted by Crippen LogP contribution is 2.04. The minimum atomic E-state index is 0.649. The van der Waals surface area contributed by atoms with Crippen LogP contribution in [0.2, 0.25) is 0 Å². The first kappa shape index (κ1) is 13.9. The van der Waals surface area contributed by atoms with Gasteiger partial charge in [-0.1, -0.05) is 20.8 Å². The lowest BCUT2D eigenvalue weighted by Gasteiger charge is -2.25. The van der Waals surface area contributed by atoms with E-state index in [1.807, 2.05) is 0 Å². The molecule has 0 aromatic rings. The zero-order valence-corrected chi connectivity index (χ0v) is 10.8. The van der Waals surface area contributed by atoms with Crippen LogP contribution in [0.5, 0.6) is 0 Å². The van der Waals surface area contributed by atoms with Gasteiger partial charge in [0.05, 0.1) is 0 Å². The molecule has 0 aliphatic heterocycles. The molecular formula is C12H28N2. The van der Waals surface area contributed by atoms with Crippen molar-refractivity contribution in [1.29, 1.82) is 0 Å². The van der Waals surface area contributed by atoms with Crippen LogP contribution in [0.25, 0.3) is 0 Å². The second-order valence-electron chi connectivity index (χ2n) is 4.79. The van der Waals surface area contributed by atoms with Gasteiger partial charge in [0.2, 0.25) is 0 Å². The van der Waals surface area contributed by atoms with E-state index in [0.29, 0.717) is 12.1 Å². The van der Waals surface area contributed by atoms with Crippen LogP contribution < -0.4 is 5.32 Å². The van der Waals surface area contributed by atoms with Crippen molar-refractivity contribution in [2.75, 3.05) is 20.1 Å². The summed E-state index contributed by atoms with van der Waals surface area (Å²) in [5.74, 6) is 0.740. The SMILES string of the molecule is CCC(NCCN(C)C(C)C)C(C)C. The smallest absolute Gasteiger partial charge is 0.0107 e. The second kappa shape index (κ2) is 7.24. The molecule has 0 bridgehead atoms. The highest BCUT2D eigenvalue weighted by atomic mass is 15.1. The fourth-order valence-electron chi connectivity index (χ4n) is 1.54. The molecule has 1 atom stereocenters. The van der Waals surface area contributed by atoms with E-state index in [4.69, 9.17) is 0 Å². The van der Waals surface area contributed by atoms with E-state index in [-0.39, 0.29) is 0 Å². The topological polar surface area (TPSA) is 15.3 Å². The van der Waals surface area contributed by atoms with Crippen LogP contribution in [0.4, 0.5) is 0 Å². The molecule has 2 heteroatoms. The fourth-order valence-corrected chi connectivity index (χ4v) is 1.54. The van der Waals surface area contributed by atoms with Crippen molar-refractivity contribution >= 4 is 0 Å². The molecule has 0 fully saturated rings. The number of likely N-dealkylation sites (N-methyl/N-ethyl adjacent to an activating group) is 1. The van der Waals surface area contributed by atoms with Gasteiger partial charge in [-0.05, 0) is 33.2 Å². The molecule has 2 nitrogen and oxygen atoms in total. The molecule has 14 heavy (non-hydrogen) atoms. The third-order valence-electron chi connectivity index (χ3n) is 3.00. The number of rotatable bonds is 7. The van der Waals surface area contributed by atoms with Crippen LogP contribution in [-0.4, -0.2) is 37.1 Å². The first-order valence-corrected chi connectivity index (χ1v) is 5.92. The lowest BCUT2D eigenvalue weighted by Crippen LogP contribution is -2.40. The van der Waals surface area contributed by atoms with Crippen molar-refractivity contribution in [3.05, 3.63) is 0 Å². The number of nitrogens with zero attached hydrogens (tertiary/aromatic N) is 1. The van der Waals surface area contributed by atoms with Crippen molar-refractivity contribution in [1.82, 2.24) is 10.2 Å². The zero-order chi connectivity index (χ0) is 11.1. The Hall–Kier alpha value is -0.0800. The van der Waals surface area contributed by atoms with E-state index >= 15 is 0 Å². The van der Waals surface area contributed by atoms with Crippen LogP contribution in [0.3, 0.4) is 0 Å². The molecule has 0 aromatic heterocycles. The zero-order valence-electron chi connectivity index (χ0n) is 10.8. The van der Waals surface area contributed by atoms with Crippen molar-refractivity contribution in [2.24, 2.45) is 5.92 Å². The summed E-state index contributed by atoms with van der Waals surface area (Å²) in [4.78, 5) is 2.38. The van der Waals surface area contributed by atoms with Crippen molar-refractivity contribution in [2.45, 2.75) is 53.1 Å². The van der Waals surface area contributed by atoms with E-state index in [2.05, 4.69) is 51.9 Å². The van der Waals surface area contributed by atoms with Crippen LogP contribution in [0.15, 0.2) is 0 Å². The first-order valence-electron chi connectivity index (χ1n) is 5.92. The monoisotopic (exact) mass is 200 g/mol. The van der Waals surface area contributed by atoms with Crippen LogP contribution >= 0.6 is 0 Å². The van der Waals surface area contributed by atoms with Gasteiger partial charge < -0.3 is 10.2 Å². The summed E-state index contributed by atoms with van der Waals surface area (Å²) < 4.78 is 0. The molecule has 0 aliphatic carbocycles. The summed E-state index contributed by atoms with van der Waals surface area (Å²) in [6.45, 7) is 13.5. The Morgan fingerprint density at radius 3 is 2.07 bits per heavy atom. The fraction of sp³-hybridized carbons (Fsp3) is 1.00. The van der Waals surface area contributed by atoms with Crippen molar-refractivity contribution in [3.8, 4) is 0 Å². The molecule has 0 heterocycles. The maximum atomic E-state index is 3.61. The number of hydrogen-bond acceptors (Lipinski definition) is 2. The van der Waals surface area contributed by atoms with Crippen molar-refractivity contribution in [3.63, 3.8) is 0 Å². The lowest BCUT2D eigenvalue weighted by atomic mass is 10.0. The molecule has 0 aliphatic rings.